The highest BCUT2D eigenvalue weighted by molar-refractivity contribution is 7.84. The van der Waals surface area contributed by atoms with Crippen molar-refractivity contribution >= 4 is 16.7 Å². The minimum absolute atomic E-state index is 0.0210. The van der Waals surface area contributed by atoms with Crippen LogP contribution >= 0.6 is 0 Å². The van der Waals surface area contributed by atoms with E-state index in [0.717, 1.165) is 32.4 Å². The van der Waals surface area contributed by atoms with Gasteiger partial charge in [0.15, 0.2) is 0 Å². The molecule has 17 heavy (non-hydrogen) atoms. The molecule has 98 valence electrons. The standard InChI is InChI=1S/C12H22N2O2S/c1-9(8-17(2)16)14-11(15)10-7-12(10)3-5-13-6-4-12/h9-10,13H,3-8H2,1-2H3,(H,14,15). The van der Waals surface area contributed by atoms with Crippen molar-refractivity contribution in [1.29, 1.82) is 0 Å². The molecular formula is C12H22N2O2S. The maximum absolute atomic E-state index is 12.0. The largest absolute Gasteiger partial charge is 0.352 e. The molecule has 2 fully saturated rings. The van der Waals surface area contributed by atoms with Crippen LogP contribution in [0.2, 0.25) is 0 Å². The van der Waals surface area contributed by atoms with Crippen LogP contribution in [0.15, 0.2) is 0 Å². The Kier molecular flexibility index (Phi) is 3.88. The van der Waals surface area contributed by atoms with Gasteiger partial charge in [-0.15, -0.1) is 0 Å². The molecule has 1 amide bonds. The number of nitrogens with one attached hydrogen (secondary N) is 2. The van der Waals surface area contributed by atoms with Gasteiger partial charge < -0.3 is 10.6 Å². The predicted molar refractivity (Wildman–Crippen MR) is 69.2 cm³/mol. The molecule has 2 aliphatic rings. The number of carbonyl (C=O) groups is 1. The molecular weight excluding hydrogens is 236 g/mol. The lowest BCUT2D eigenvalue weighted by Crippen LogP contribution is -2.39. The quantitative estimate of drug-likeness (QED) is 0.760. The van der Waals surface area contributed by atoms with Crippen LogP contribution in [0.5, 0.6) is 0 Å². The summed E-state index contributed by atoms with van der Waals surface area (Å²) in [6.07, 6.45) is 4.97. The highest BCUT2D eigenvalue weighted by Gasteiger charge is 2.57. The first-order valence-electron chi connectivity index (χ1n) is 6.35. The summed E-state index contributed by atoms with van der Waals surface area (Å²) in [4.78, 5) is 12.0. The molecule has 1 saturated carbocycles. The number of rotatable bonds is 4. The molecule has 0 radical (unpaired) electrons. The van der Waals surface area contributed by atoms with Gasteiger partial charge in [-0.05, 0) is 44.7 Å². The number of carbonyl (C=O) groups excluding carboxylic acids is 1. The average Bonchev–Trinajstić information content (AvgIpc) is 2.92. The third-order valence-electron chi connectivity index (χ3n) is 3.98. The Morgan fingerprint density at radius 2 is 2.18 bits per heavy atom. The lowest BCUT2D eigenvalue weighted by atomic mass is 9.91. The summed E-state index contributed by atoms with van der Waals surface area (Å²) in [5, 5.41) is 6.33. The Hall–Kier alpha value is -0.420. The van der Waals surface area contributed by atoms with Gasteiger partial charge in [0, 0.05) is 34.8 Å². The van der Waals surface area contributed by atoms with E-state index in [2.05, 4.69) is 10.6 Å². The molecule has 1 spiro atoms. The second-order valence-electron chi connectivity index (χ2n) is 5.52. The van der Waals surface area contributed by atoms with Gasteiger partial charge in [-0.25, -0.2) is 0 Å². The van der Waals surface area contributed by atoms with Crippen LogP contribution in [-0.2, 0) is 15.6 Å². The third-order valence-corrected chi connectivity index (χ3v) is 4.95. The molecule has 1 aliphatic heterocycles. The lowest BCUT2D eigenvalue weighted by molar-refractivity contribution is -0.123. The van der Waals surface area contributed by atoms with Crippen LogP contribution in [0.25, 0.3) is 0 Å². The number of hydrogen-bond donors (Lipinski definition) is 2. The first-order valence-corrected chi connectivity index (χ1v) is 8.07. The van der Waals surface area contributed by atoms with Crippen molar-refractivity contribution in [2.75, 3.05) is 25.1 Å². The summed E-state index contributed by atoms with van der Waals surface area (Å²) < 4.78 is 11.1. The second kappa shape index (κ2) is 5.06. The first kappa shape index (κ1) is 13.0. The Bertz CT molecular complexity index is 326. The maximum atomic E-state index is 12.0. The van der Waals surface area contributed by atoms with E-state index in [0.29, 0.717) is 11.2 Å². The van der Waals surface area contributed by atoms with Crippen LogP contribution in [0.1, 0.15) is 26.2 Å². The molecule has 3 atom stereocenters. The molecule has 3 unspecified atom stereocenters. The van der Waals surface area contributed by atoms with E-state index >= 15 is 0 Å². The average molecular weight is 258 g/mol. The number of hydrogen-bond acceptors (Lipinski definition) is 3. The fraction of sp³-hybridized carbons (Fsp3) is 0.917. The summed E-state index contributed by atoms with van der Waals surface area (Å²) in [5.74, 6) is 0.926. The van der Waals surface area contributed by atoms with Crippen molar-refractivity contribution in [3.8, 4) is 0 Å². The zero-order chi connectivity index (χ0) is 12.5. The van der Waals surface area contributed by atoms with E-state index in [-0.39, 0.29) is 17.9 Å². The third kappa shape index (κ3) is 3.07. The molecule has 2 N–H and O–H groups in total. The van der Waals surface area contributed by atoms with Crippen molar-refractivity contribution in [3.05, 3.63) is 0 Å². The molecule has 1 aliphatic carbocycles. The van der Waals surface area contributed by atoms with Crippen molar-refractivity contribution in [2.24, 2.45) is 11.3 Å². The van der Waals surface area contributed by atoms with Gasteiger partial charge >= 0.3 is 0 Å². The van der Waals surface area contributed by atoms with Gasteiger partial charge in [-0.2, -0.15) is 0 Å². The summed E-state index contributed by atoms with van der Waals surface area (Å²) in [6.45, 7) is 4.01. The summed E-state index contributed by atoms with van der Waals surface area (Å²) in [6, 6.07) is 0.0210. The van der Waals surface area contributed by atoms with Crippen LogP contribution in [0, 0.1) is 11.3 Å². The van der Waals surface area contributed by atoms with Gasteiger partial charge in [0.05, 0.1) is 0 Å². The highest BCUT2D eigenvalue weighted by Crippen LogP contribution is 2.58. The lowest BCUT2D eigenvalue weighted by Gasteiger charge is -2.23. The van der Waals surface area contributed by atoms with E-state index in [4.69, 9.17) is 0 Å². The Morgan fingerprint density at radius 1 is 1.53 bits per heavy atom. The zero-order valence-corrected chi connectivity index (χ0v) is 11.4. The predicted octanol–water partition coefficient (Wildman–Crippen LogP) is 0.259. The zero-order valence-electron chi connectivity index (χ0n) is 10.6. The molecule has 0 aromatic heterocycles. The second-order valence-corrected chi connectivity index (χ2v) is 7.00. The molecule has 2 rings (SSSR count). The van der Waals surface area contributed by atoms with E-state index < -0.39 is 10.8 Å². The minimum atomic E-state index is -0.843. The maximum Gasteiger partial charge on any atom is 0.223 e. The van der Waals surface area contributed by atoms with Gasteiger partial charge in [0.25, 0.3) is 0 Å². The molecule has 1 saturated heterocycles. The molecule has 1 heterocycles. The number of piperidine rings is 1. The van der Waals surface area contributed by atoms with Crippen LogP contribution in [0.4, 0.5) is 0 Å². The van der Waals surface area contributed by atoms with E-state index in [1.165, 1.54) is 0 Å². The van der Waals surface area contributed by atoms with Crippen molar-refractivity contribution in [2.45, 2.75) is 32.2 Å². The van der Waals surface area contributed by atoms with Crippen LogP contribution in [0.3, 0.4) is 0 Å². The molecule has 0 aromatic carbocycles. The molecule has 4 nitrogen and oxygen atoms in total. The normalized spacial score (nSPS) is 29.6. The van der Waals surface area contributed by atoms with Gasteiger partial charge in [-0.1, -0.05) is 0 Å². The Labute approximate surface area is 105 Å². The monoisotopic (exact) mass is 258 g/mol. The van der Waals surface area contributed by atoms with Crippen LogP contribution in [-0.4, -0.2) is 41.3 Å². The van der Waals surface area contributed by atoms with Gasteiger partial charge in [-0.3, -0.25) is 9.00 Å². The Morgan fingerprint density at radius 3 is 2.76 bits per heavy atom. The molecule has 0 bridgehead atoms. The highest BCUT2D eigenvalue weighted by atomic mass is 32.2. The van der Waals surface area contributed by atoms with E-state index in [1.807, 2.05) is 6.92 Å². The summed E-state index contributed by atoms with van der Waals surface area (Å²) >= 11 is 0. The van der Waals surface area contributed by atoms with Crippen LogP contribution < -0.4 is 10.6 Å². The van der Waals surface area contributed by atoms with Crippen molar-refractivity contribution in [3.63, 3.8) is 0 Å². The minimum Gasteiger partial charge on any atom is -0.352 e. The van der Waals surface area contributed by atoms with E-state index in [1.54, 1.807) is 6.26 Å². The summed E-state index contributed by atoms with van der Waals surface area (Å²) in [7, 11) is -0.843. The summed E-state index contributed by atoms with van der Waals surface area (Å²) in [5.41, 5.74) is 0.292. The van der Waals surface area contributed by atoms with Gasteiger partial charge in [0.2, 0.25) is 5.91 Å². The molecule has 0 aromatic rings. The first-order chi connectivity index (χ1) is 8.03. The SMILES string of the molecule is CC(CS(C)=O)NC(=O)C1CC12CCNCC2. The van der Waals surface area contributed by atoms with E-state index in [9.17, 15) is 9.00 Å². The number of amides is 1. The topological polar surface area (TPSA) is 58.2 Å². The van der Waals surface area contributed by atoms with Crippen molar-refractivity contribution in [1.82, 2.24) is 10.6 Å². The smallest absolute Gasteiger partial charge is 0.223 e. The fourth-order valence-electron chi connectivity index (χ4n) is 2.93. The molecule has 5 heteroatoms. The Balaban J connectivity index is 1.80. The van der Waals surface area contributed by atoms with Gasteiger partial charge in [0.1, 0.15) is 0 Å². The van der Waals surface area contributed by atoms with Crippen molar-refractivity contribution < 1.29 is 9.00 Å². The fourth-order valence-corrected chi connectivity index (χ4v) is 3.72.